The number of hydrogen-bond acceptors (Lipinski definition) is 5. The van der Waals surface area contributed by atoms with Gasteiger partial charge in [-0.15, -0.1) is 0 Å². The Balaban J connectivity index is 1.59. The van der Waals surface area contributed by atoms with Crippen LogP contribution in [0.15, 0.2) is 77.9 Å². The molecule has 2 aromatic carbocycles. The molecule has 0 aliphatic heterocycles. The van der Waals surface area contributed by atoms with Crippen LogP contribution in [0.2, 0.25) is 0 Å². The van der Waals surface area contributed by atoms with Gasteiger partial charge in [-0.2, -0.15) is 0 Å². The van der Waals surface area contributed by atoms with E-state index in [0.29, 0.717) is 18.2 Å². The highest BCUT2D eigenvalue weighted by molar-refractivity contribution is 5.59. The van der Waals surface area contributed by atoms with Gasteiger partial charge in [-0.25, -0.2) is 9.98 Å². The van der Waals surface area contributed by atoms with Crippen LogP contribution in [0, 0.1) is 0 Å². The molecule has 1 heterocycles. The molecular weight excluding hydrogens is 318 g/mol. The first-order valence-electron chi connectivity index (χ1n) is 7.66. The molecule has 0 amide bonds. The molecule has 126 valence electrons. The second-order valence-electron chi connectivity index (χ2n) is 5.09. The molecule has 0 saturated heterocycles. The molecule has 0 saturated carbocycles. The number of benzene rings is 2. The van der Waals surface area contributed by atoms with Crippen molar-refractivity contribution in [3.63, 3.8) is 0 Å². The summed E-state index contributed by atoms with van der Waals surface area (Å²) in [6, 6.07) is 20.8. The Morgan fingerprint density at radius 1 is 1.00 bits per heavy atom. The van der Waals surface area contributed by atoms with Crippen molar-refractivity contribution >= 4 is 12.0 Å². The van der Waals surface area contributed by atoms with Crippen LogP contribution >= 0.6 is 0 Å². The number of nitrogens with zero attached hydrogens (tertiary/aromatic N) is 2. The fourth-order valence-electron chi connectivity index (χ4n) is 2.12. The lowest BCUT2D eigenvalue weighted by Gasteiger charge is -2.09. The molecule has 25 heavy (non-hydrogen) atoms. The molecule has 0 spiro atoms. The lowest BCUT2D eigenvalue weighted by atomic mass is 10.2. The quantitative estimate of drug-likeness (QED) is 0.386. The van der Waals surface area contributed by atoms with E-state index < -0.39 is 0 Å². The van der Waals surface area contributed by atoms with Gasteiger partial charge in [0.2, 0.25) is 5.88 Å². The molecule has 0 radical (unpaired) electrons. The van der Waals surface area contributed by atoms with Crippen molar-refractivity contribution in [2.45, 2.75) is 6.61 Å². The highest BCUT2D eigenvalue weighted by Crippen LogP contribution is 2.22. The zero-order valence-corrected chi connectivity index (χ0v) is 13.4. The van der Waals surface area contributed by atoms with E-state index in [-0.39, 0.29) is 0 Å². The van der Waals surface area contributed by atoms with Gasteiger partial charge < -0.3 is 9.47 Å². The number of nitrogens with one attached hydrogen (secondary N) is 1. The average Bonchev–Trinajstić information content (AvgIpc) is 2.67. The summed E-state index contributed by atoms with van der Waals surface area (Å²) in [6.45, 7) is 0.375. The number of pyridine rings is 1. The lowest BCUT2D eigenvalue weighted by Crippen LogP contribution is -2.01. The minimum absolute atomic E-state index is 0.375. The van der Waals surface area contributed by atoms with E-state index in [0.717, 1.165) is 23.4 Å². The van der Waals surface area contributed by atoms with E-state index in [1.54, 1.807) is 18.3 Å². The summed E-state index contributed by atoms with van der Waals surface area (Å²) >= 11 is 0. The van der Waals surface area contributed by atoms with Gasteiger partial charge in [0, 0.05) is 6.07 Å². The molecule has 0 aliphatic carbocycles. The van der Waals surface area contributed by atoms with E-state index >= 15 is 0 Å². The molecule has 0 fully saturated rings. The number of rotatable bonds is 7. The van der Waals surface area contributed by atoms with Crippen molar-refractivity contribution in [3.05, 3.63) is 78.5 Å². The van der Waals surface area contributed by atoms with Gasteiger partial charge in [-0.1, -0.05) is 30.3 Å². The molecule has 0 aliphatic rings. The van der Waals surface area contributed by atoms with Crippen molar-refractivity contribution in [2.75, 3.05) is 0 Å². The maximum Gasteiger partial charge on any atom is 0.213 e. The second kappa shape index (κ2) is 8.47. The highest BCUT2D eigenvalue weighted by Gasteiger charge is 2.01. The number of ether oxygens (including phenoxy) is 2. The monoisotopic (exact) mass is 335 g/mol. The van der Waals surface area contributed by atoms with Crippen LogP contribution in [0.25, 0.3) is 0 Å². The first kappa shape index (κ1) is 16.5. The summed E-state index contributed by atoms with van der Waals surface area (Å²) in [5, 5.41) is 8.45. The number of aromatic nitrogens is 1. The van der Waals surface area contributed by atoms with Crippen molar-refractivity contribution in [1.82, 2.24) is 10.5 Å². The highest BCUT2D eigenvalue weighted by atomic mass is 16.5. The first-order chi connectivity index (χ1) is 12.3. The van der Waals surface area contributed by atoms with E-state index in [1.807, 2.05) is 60.1 Å². The number of aliphatic imine (C=N–C) groups is 1. The standard InChI is InChI=1S/C19H17N3O3/c23-22-14-21-16-9-10-19(20-12-16)24-13-15-5-4-8-18(11-15)25-17-6-2-1-3-7-17/h1-12,14,23H,13H2,(H,21,22). The summed E-state index contributed by atoms with van der Waals surface area (Å²) < 4.78 is 11.5. The number of hydroxylamine groups is 1. The van der Waals surface area contributed by atoms with Gasteiger partial charge >= 0.3 is 0 Å². The minimum Gasteiger partial charge on any atom is -0.473 e. The van der Waals surface area contributed by atoms with Crippen molar-refractivity contribution in [1.29, 1.82) is 0 Å². The second-order valence-corrected chi connectivity index (χ2v) is 5.09. The van der Waals surface area contributed by atoms with Crippen LogP contribution in [-0.2, 0) is 6.61 Å². The Labute approximate surface area is 145 Å². The van der Waals surface area contributed by atoms with Crippen LogP contribution in [-0.4, -0.2) is 16.5 Å². The van der Waals surface area contributed by atoms with Crippen LogP contribution in [0.3, 0.4) is 0 Å². The smallest absolute Gasteiger partial charge is 0.213 e. The van der Waals surface area contributed by atoms with Gasteiger partial charge in [0.25, 0.3) is 0 Å². The Kier molecular flexibility index (Phi) is 5.58. The SMILES string of the molecule is ONC=Nc1ccc(OCc2cccc(Oc3ccccc3)c2)nc1. The van der Waals surface area contributed by atoms with E-state index in [1.165, 1.54) is 0 Å². The van der Waals surface area contributed by atoms with Gasteiger partial charge in [0.05, 0.1) is 11.9 Å². The predicted molar refractivity (Wildman–Crippen MR) is 94.6 cm³/mol. The zero-order chi connectivity index (χ0) is 17.3. The molecular formula is C19H17N3O3. The van der Waals surface area contributed by atoms with Crippen LogP contribution < -0.4 is 15.0 Å². The molecule has 0 unspecified atom stereocenters. The predicted octanol–water partition coefficient (Wildman–Crippen LogP) is 4.09. The molecule has 1 aromatic heterocycles. The Hall–Kier alpha value is -3.38. The minimum atomic E-state index is 0.375. The fourth-order valence-corrected chi connectivity index (χ4v) is 2.12. The third-order valence-corrected chi connectivity index (χ3v) is 3.26. The molecule has 6 heteroatoms. The van der Waals surface area contributed by atoms with E-state index in [2.05, 4.69) is 9.98 Å². The molecule has 0 bridgehead atoms. The third kappa shape index (κ3) is 5.05. The Morgan fingerprint density at radius 2 is 1.84 bits per heavy atom. The first-order valence-corrected chi connectivity index (χ1v) is 7.66. The maximum absolute atomic E-state index is 8.45. The topological polar surface area (TPSA) is 76.0 Å². The van der Waals surface area contributed by atoms with Crippen molar-refractivity contribution < 1.29 is 14.7 Å². The average molecular weight is 335 g/mol. The summed E-state index contributed by atoms with van der Waals surface area (Å²) in [7, 11) is 0. The van der Waals surface area contributed by atoms with Gasteiger partial charge in [-0.05, 0) is 35.9 Å². The summed E-state index contributed by atoms with van der Waals surface area (Å²) in [5.74, 6) is 2.03. The third-order valence-electron chi connectivity index (χ3n) is 3.26. The normalized spacial score (nSPS) is 10.6. The zero-order valence-electron chi connectivity index (χ0n) is 13.4. The molecule has 2 N–H and O–H groups in total. The summed E-state index contributed by atoms with van der Waals surface area (Å²) in [5.41, 5.74) is 3.42. The van der Waals surface area contributed by atoms with E-state index in [4.69, 9.17) is 14.7 Å². The van der Waals surface area contributed by atoms with Gasteiger partial charge in [-0.3, -0.25) is 10.7 Å². The Bertz CT molecular complexity index is 821. The van der Waals surface area contributed by atoms with Crippen LogP contribution in [0.5, 0.6) is 17.4 Å². The number of para-hydroxylation sites is 1. The van der Waals surface area contributed by atoms with Crippen molar-refractivity contribution in [2.24, 2.45) is 4.99 Å². The maximum atomic E-state index is 8.45. The number of hydrogen-bond donors (Lipinski definition) is 2. The summed E-state index contributed by atoms with van der Waals surface area (Å²) in [6.07, 6.45) is 2.72. The Morgan fingerprint density at radius 3 is 2.60 bits per heavy atom. The van der Waals surface area contributed by atoms with Gasteiger partial charge in [0.1, 0.15) is 24.4 Å². The van der Waals surface area contributed by atoms with Crippen molar-refractivity contribution in [3.8, 4) is 17.4 Å². The fraction of sp³-hybridized carbons (Fsp3) is 0.0526. The molecule has 3 aromatic rings. The molecule has 0 atom stereocenters. The van der Waals surface area contributed by atoms with E-state index in [9.17, 15) is 0 Å². The molecule has 6 nitrogen and oxygen atoms in total. The van der Waals surface area contributed by atoms with Crippen LogP contribution in [0.4, 0.5) is 5.69 Å². The van der Waals surface area contributed by atoms with Crippen LogP contribution in [0.1, 0.15) is 5.56 Å². The summed E-state index contributed by atoms with van der Waals surface area (Å²) in [4.78, 5) is 8.08. The van der Waals surface area contributed by atoms with Gasteiger partial charge in [0.15, 0.2) is 0 Å². The largest absolute Gasteiger partial charge is 0.473 e. The molecule has 3 rings (SSSR count). The lowest BCUT2D eigenvalue weighted by molar-refractivity contribution is 0.240.